The quantitative estimate of drug-likeness (QED) is 0.272. The van der Waals surface area contributed by atoms with Gasteiger partial charge in [-0.2, -0.15) is 23.0 Å². The molecule has 0 aliphatic heterocycles. The van der Waals surface area contributed by atoms with E-state index in [2.05, 4.69) is 20.4 Å². The Morgan fingerprint density at radius 3 is 2.56 bits per heavy atom. The van der Waals surface area contributed by atoms with Gasteiger partial charge in [0, 0.05) is 24.0 Å². The number of halogens is 4. The molecule has 4 aromatic rings. The number of nitrogens with one attached hydrogen (secondary N) is 1. The predicted octanol–water partition coefficient (Wildman–Crippen LogP) is 3.61. The molecule has 8 nitrogen and oxygen atoms in total. The second-order valence-electron chi connectivity index (χ2n) is 7.25. The fourth-order valence-electron chi connectivity index (χ4n) is 3.18. The van der Waals surface area contributed by atoms with Gasteiger partial charge in [0.1, 0.15) is 11.5 Å². The number of nitrogens with zero attached hydrogens (tertiary/aromatic N) is 5. The average Bonchev–Trinajstić information content (AvgIpc) is 3.25. The standard InChI is InChI=1S/C22H16F4N6O2/c1-13(14-5-7-18(22(24,25)26)32(34)11-14)29-21(33)16-12-31(19-8-6-15(23)10-28-19)30-20(16)17-4-2-3-9-27-17/h2-13H,1H3,(H,29,33)/t13-/m1/s1. The van der Waals surface area contributed by atoms with E-state index in [-0.39, 0.29) is 27.4 Å². The Balaban J connectivity index is 1.66. The lowest BCUT2D eigenvalue weighted by atomic mass is 10.1. The number of carbonyl (C=O) groups excluding carboxylic acids is 1. The van der Waals surface area contributed by atoms with E-state index in [9.17, 15) is 27.6 Å². The molecule has 4 heterocycles. The third kappa shape index (κ3) is 4.70. The highest BCUT2D eigenvalue weighted by Crippen LogP contribution is 2.27. The molecule has 174 valence electrons. The molecule has 0 fully saturated rings. The van der Waals surface area contributed by atoms with E-state index in [4.69, 9.17) is 0 Å². The van der Waals surface area contributed by atoms with Crippen molar-refractivity contribution >= 4 is 5.91 Å². The molecule has 4 rings (SSSR count). The van der Waals surface area contributed by atoms with Crippen LogP contribution >= 0.6 is 0 Å². The summed E-state index contributed by atoms with van der Waals surface area (Å²) in [6.45, 7) is 1.52. The molecular formula is C22H16F4N6O2. The van der Waals surface area contributed by atoms with Gasteiger partial charge < -0.3 is 10.5 Å². The van der Waals surface area contributed by atoms with E-state index in [1.807, 2.05) is 0 Å². The van der Waals surface area contributed by atoms with Crippen molar-refractivity contribution in [2.75, 3.05) is 0 Å². The van der Waals surface area contributed by atoms with Crippen LogP contribution in [0.15, 0.2) is 67.3 Å². The molecule has 0 aliphatic rings. The van der Waals surface area contributed by atoms with Crippen molar-refractivity contribution in [3.05, 3.63) is 95.1 Å². The minimum Gasteiger partial charge on any atom is -0.618 e. The SMILES string of the molecule is C[C@@H](NC(=O)c1cn(-c2ccc(F)cn2)nc1-c1ccccn1)c1ccc(C(F)(F)F)[n+]([O-])c1. The lowest BCUT2D eigenvalue weighted by Crippen LogP contribution is -2.38. The zero-order valence-electron chi connectivity index (χ0n) is 17.5. The van der Waals surface area contributed by atoms with Gasteiger partial charge in [0.15, 0.2) is 12.0 Å². The smallest absolute Gasteiger partial charge is 0.478 e. The maximum absolute atomic E-state index is 13.3. The Labute approximate surface area is 190 Å². The summed E-state index contributed by atoms with van der Waals surface area (Å²) in [4.78, 5) is 21.2. The zero-order chi connectivity index (χ0) is 24.5. The monoisotopic (exact) mass is 472 g/mol. The first kappa shape index (κ1) is 22.8. The highest BCUT2D eigenvalue weighted by molar-refractivity contribution is 5.99. The van der Waals surface area contributed by atoms with Crippen molar-refractivity contribution in [3.63, 3.8) is 0 Å². The molecule has 1 atom stereocenters. The molecule has 0 saturated heterocycles. The molecule has 0 bridgehead atoms. The summed E-state index contributed by atoms with van der Waals surface area (Å²) in [6.07, 6.45) is -0.133. The molecule has 12 heteroatoms. The van der Waals surface area contributed by atoms with Gasteiger partial charge in [-0.15, -0.1) is 0 Å². The number of amides is 1. The van der Waals surface area contributed by atoms with Crippen LogP contribution in [0.2, 0.25) is 0 Å². The van der Waals surface area contributed by atoms with Crippen LogP contribution in [0.1, 0.15) is 34.6 Å². The van der Waals surface area contributed by atoms with E-state index >= 15 is 0 Å². The minimum absolute atomic E-state index is 0.0959. The normalized spacial score (nSPS) is 12.4. The molecule has 0 aliphatic carbocycles. The van der Waals surface area contributed by atoms with E-state index in [0.29, 0.717) is 11.8 Å². The van der Waals surface area contributed by atoms with Crippen LogP contribution in [0.5, 0.6) is 0 Å². The van der Waals surface area contributed by atoms with Crippen LogP contribution in [0.25, 0.3) is 17.2 Å². The number of pyridine rings is 3. The Morgan fingerprint density at radius 2 is 1.94 bits per heavy atom. The summed E-state index contributed by atoms with van der Waals surface area (Å²) < 4.78 is 52.8. The van der Waals surface area contributed by atoms with Crippen molar-refractivity contribution in [1.82, 2.24) is 25.1 Å². The van der Waals surface area contributed by atoms with E-state index < -0.39 is 29.6 Å². The number of hydrogen-bond donors (Lipinski definition) is 1. The summed E-state index contributed by atoms with van der Waals surface area (Å²) >= 11 is 0. The van der Waals surface area contributed by atoms with Crippen LogP contribution in [0, 0.1) is 11.0 Å². The average molecular weight is 472 g/mol. The summed E-state index contributed by atoms with van der Waals surface area (Å²) in [6, 6.07) is 8.57. The van der Waals surface area contributed by atoms with Crippen molar-refractivity contribution < 1.29 is 27.1 Å². The molecule has 0 aromatic carbocycles. The lowest BCUT2D eigenvalue weighted by molar-refractivity contribution is -0.629. The fourth-order valence-corrected chi connectivity index (χ4v) is 3.18. The maximum atomic E-state index is 13.3. The summed E-state index contributed by atoms with van der Waals surface area (Å²) in [5, 5.41) is 18.8. The topological polar surface area (TPSA) is 99.6 Å². The highest BCUT2D eigenvalue weighted by Gasteiger charge is 2.39. The molecule has 0 saturated carbocycles. The van der Waals surface area contributed by atoms with Gasteiger partial charge in [0.25, 0.3) is 11.6 Å². The summed E-state index contributed by atoms with van der Waals surface area (Å²) in [5.41, 5.74) is -0.502. The maximum Gasteiger partial charge on any atom is 0.478 e. The third-order valence-corrected chi connectivity index (χ3v) is 4.89. The number of alkyl halides is 3. The Kier molecular flexibility index (Phi) is 5.97. The van der Waals surface area contributed by atoms with Crippen LogP contribution in [0.4, 0.5) is 17.6 Å². The summed E-state index contributed by atoms with van der Waals surface area (Å²) in [7, 11) is 0. The predicted molar refractivity (Wildman–Crippen MR) is 111 cm³/mol. The Morgan fingerprint density at radius 1 is 1.15 bits per heavy atom. The number of rotatable bonds is 5. The van der Waals surface area contributed by atoms with Gasteiger partial charge >= 0.3 is 6.18 Å². The fraction of sp³-hybridized carbons (Fsp3) is 0.136. The van der Waals surface area contributed by atoms with Crippen molar-refractivity contribution in [3.8, 4) is 17.2 Å². The van der Waals surface area contributed by atoms with E-state index in [1.165, 1.54) is 36.1 Å². The zero-order valence-corrected chi connectivity index (χ0v) is 17.5. The van der Waals surface area contributed by atoms with Crippen molar-refractivity contribution in [2.24, 2.45) is 0 Å². The number of carbonyl (C=O) groups is 1. The first-order valence-electron chi connectivity index (χ1n) is 9.87. The highest BCUT2D eigenvalue weighted by atomic mass is 19.4. The van der Waals surface area contributed by atoms with Crippen molar-refractivity contribution in [2.45, 2.75) is 19.1 Å². The van der Waals surface area contributed by atoms with Crippen LogP contribution in [-0.2, 0) is 6.18 Å². The lowest BCUT2D eigenvalue weighted by Gasteiger charge is -2.15. The minimum atomic E-state index is -4.80. The van der Waals surface area contributed by atoms with Crippen LogP contribution in [-0.4, -0.2) is 25.7 Å². The van der Waals surface area contributed by atoms with Gasteiger partial charge in [-0.05, 0) is 37.3 Å². The van der Waals surface area contributed by atoms with E-state index in [1.54, 1.807) is 18.2 Å². The number of aromatic nitrogens is 5. The van der Waals surface area contributed by atoms with Gasteiger partial charge in [-0.3, -0.25) is 9.78 Å². The molecule has 4 aromatic heterocycles. The number of hydrogen-bond acceptors (Lipinski definition) is 5. The molecule has 1 amide bonds. The molecule has 1 N–H and O–H groups in total. The van der Waals surface area contributed by atoms with Gasteiger partial charge in [0.2, 0.25) is 0 Å². The van der Waals surface area contributed by atoms with Gasteiger partial charge in [-0.1, -0.05) is 6.07 Å². The first-order chi connectivity index (χ1) is 16.1. The largest absolute Gasteiger partial charge is 0.618 e. The van der Waals surface area contributed by atoms with Crippen LogP contribution in [0.3, 0.4) is 0 Å². The van der Waals surface area contributed by atoms with Gasteiger partial charge in [-0.25, -0.2) is 14.1 Å². The van der Waals surface area contributed by atoms with E-state index in [0.717, 1.165) is 18.5 Å². The second-order valence-corrected chi connectivity index (χ2v) is 7.25. The Bertz CT molecular complexity index is 1320. The van der Waals surface area contributed by atoms with Crippen molar-refractivity contribution in [1.29, 1.82) is 0 Å². The summed E-state index contributed by atoms with van der Waals surface area (Å²) in [5.74, 6) is -0.903. The van der Waals surface area contributed by atoms with Gasteiger partial charge in [0.05, 0.1) is 23.5 Å². The Hall–Kier alpha value is -4.35. The first-order valence-corrected chi connectivity index (χ1v) is 9.87. The molecular weight excluding hydrogens is 456 g/mol. The second kappa shape index (κ2) is 8.89. The van der Waals surface area contributed by atoms with Crippen LogP contribution < -0.4 is 10.0 Å². The molecule has 34 heavy (non-hydrogen) atoms. The molecule has 0 spiro atoms. The third-order valence-electron chi connectivity index (χ3n) is 4.89. The molecule has 0 radical (unpaired) electrons. The molecule has 0 unspecified atom stereocenters.